The van der Waals surface area contributed by atoms with Gasteiger partial charge in [-0.2, -0.15) is 10.4 Å². The van der Waals surface area contributed by atoms with E-state index in [4.69, 9.17) is 0 Å². The van der Waals surface area contributed by atoms with Crippen LogP contribution in [-0.2, 0) is 0 Å². The highest BCUT2D eigenvalue weighted by atomic mass is 16.4. The lowest BCUT2D eigenvalue weighted by molar-refractivity contribution is 0.0692. The minimum Gasteiger partial charge on any atom is -0.476 e. The van der Waals surface area contributed by atoms with Crippen molar-refractivity contribution in [3.05, 3.63) is 51.6 Å². The molecule has 0 aliphatic carbocycles. The van der Waals surface area contributed by atoms with E-state index in [1.54, 1.807) is 31.2 Å². The molecule has 3 rings (SSSR count). The summed E-state index contributed by atoms with van der Waals surface area (Å²) in [6.45, 7) is 1.69. The molecule has 3 N–H and O–H groups in total. The molecule has 7 heteroatoms. The fourth-order valence-corrected chi connectivity index (χ4v) is 2.46. The Hall–Kier alpha value is -3.40. The van der Waals surface area contributed by atoms with Crippen LogP contribution in [0.1, 0.15) is 21.7 Å². The number of nitrogens with one attached hydrogen (secondary N) is 2. The maximum atomic E-state index is 11.9. The summed E-state index contributed by atoms with van der Waals surface area (Å²) in [5.41, 5.74) is 1.26. The van der Waals surface area contributed by atoms with Crippen LogP contribution >= 0.6 is 0 Å². The number of benzene rings is 1. The van der Waals surface area contributed by atoms with Gasteiger partial charge in [-0.05, 0) is 24.6 Å². The van der Waals surface area contributed by atoms with Gasteiger partial charge in [0.25, 0.3) is 5.56 Å². The lowest BCUT2D eigenvalue weighted by Gasteiger charge is -2.07. The van der Waals surface area contributed by atoms with E-state index in [1.807, 2.05) is 6.07 Å². The fraction of sp³-hybridized carbons (Fsp3) is 0.0667. The first-order valence-corrected chi connectivity index (χ1v) is 6.37. The van der Waals surface area contributed by atoms with E-state index in [-0.39, 0.29) is 11.3 Å². The lowest BCUT2D eigenvalue weighted by atomic mass is 9.96. The van der Waals surface area contributed by atoms with Crippen molar-refractivity contribution in [2.45, 2.75) is 6.92 Å². The first kappa shape index (κ1) is 13.6. The van der Waals surface area contributed by atoms with Gasteiger partial charge in [0.1, 0.15) is 11.6 Å². The highest BCUT2D eigenvalue weighted by Gasteiger charge is 2.19. The molecule has 0 saturated carbocycles. The maximum absolute atomic E-state index is 11.9. The summed E-state index contributed by atoms with van der Waals surface area (Å²) in [5.74, 6) is -1.18. The molecule has 0 aliphatic heterocycles. The quantitative estimate of drug-likeness (QED) is 0.665. The molecule has 0 amide bonds. The molecule has 0 aliphatic rings. The van der Waals surface area contributed by atoms with Gasteiger partial charge in [0.15, 0.2) is 5.69 Å². The number of carboxylic acids is 1. The van der Waals surface area contributed by atoms with E-state index in [0.29, 0.717) is 27.7 Å². The molecule has 0 unspecified atom stereocenters. The molecule has 0 spiro atoms. The standard InChI is InChI=1S/C15H10N4O3/c1-7-5-9(10(6-16)14(20)17-7)8-3-2-4-11-12(8)13(15(21)22)19-18-11/h2-5H,1H3,(H,17,20)(H,18,19)(H,21,22). The summed E-state index contributed by atoms with van der Waals surface area (Å²) >= 11 is 0. The monoisotopic (exact) mass is 294 g/mol. The van der Waals surface area contributed by atoms with Gasteiger partial charge in [0.05, 0.1) is 5.52 Å². The van der Waals surface area contributed by atoms with Gasteiger partial charge >= 0.3 is 5.97 Å². The molecule has 2 heterocycles. The van der Waals surface area contributed by atoms with Crippen molar-refractivity contribution in [2.24, 2.45) is 0 Å². The fourth-order valence-electron chi connectivity index (χ4n) is 2.46. The second kappa shape index (κ2) is 4.86. The van der Waals surface area contributed by atoms with Crippen molar-refractivity contribution >= 4 is 16.9 Å². The average Bonchev–Trinajstić information content (AvgIpc) is 2.90. The number of hydrogen-bond donors (Lipinski definition) is 3. The number of aromatic carboxylic acids is 1. The van der Waals surface area contributed by atoms with Gasteiger partial charge in [-0.15, -0.1) is 0 Å². The first-order chi connectivity index (χ1) is 10.5. The maximum Gasteiger partial charge on any atom is 0.357 e. The van der Waals surface area contributed by atoms with E-state index in [9.17, 15) is 20.0 Å². The van der Waals surface area contributed by atoms with Gasteiger partial charge < -0.3 is 10.1 Å². The zero-order chi connectivity index (χ0) is 15.9. The van der Waals surface area contributed by atoms with Gasteiger partial charge in [0, 0.05) is 16.6 Å². The van der Waals surface area contributed by atoms with Gasteiger partial charge in [-0.25, -0.2) is 4.79 Å². The Morgan fingerprint density at radius 2 is 2.14 bits per heavy atom. The number of carboxylic acid groups (broad SMARTS) is 1. The zero-order valence-corrected chi connectivity index (χ0v) is 11.5. The highest BCUT2D eigenvalue weighted by Crippen LogP contribution is 2.31. The van der Waals surface area contributed by atoms with E-state index in [1.165, 1.54) is 0 Å². The summed E-state index contributed by atoms with van der Waals surface area (Å²) in [6, 6.07) is 8.58. The smallest absolute Gasteiger partial charge is 0.357 e. The van der Waals surface area contributed by atoms with Crippen LogP contribution in [0.15, 0.2) is 29.1 Å². The number of nitriles is 1. The third-order valence-electron chi connectivity index (χ3n) is 3.36. The third kappa shape index (κ3) is 1.94. The number of aromatic nitrogens is 3. The Labute approximate surface area is 123 Å². The number of hydrogen-bond acceptors (Lipinski definition) is 4. The van der Waals surface area contributed by atoms with Crippen LogP contribution in [0.5, 0.6) is 0 Å². The zero-order valence-electron chi connectivity index (χ0n) is 11.5. The molecule has 0 radical (unpaired) electrons. The van der Waals surface area contributed by atoms with Crippen molar-refractivity contribution in [1.82, 2.24) is 15.2 Å². The minimum absolute atomic E-state index is 0.0596. The van der Waals surface area contributed by atoms with Crippen molar-refractivity contribution in [1.29, 1.82) is 5.26 Å². The number of H-pyrrole nitrogens is 2. The Morgan fingerprint density at radius 3 is 2.82 bits per heavy atom. The van der Waals surface area contributed by atoms with Crippen LogP contribution in [0, 0.1) is 18.3 Å². The Morgan fingerprint density at radius 1 is 1.36 bits per heavy atom. The van der Waals surface area contributed by atoms with Crippen LogP contribution in [-0.4, -0.2) is 26.3 Å². The summed E-state index contributed by atoms with van der Waals surface area (Å²) in [6.07, 6.45) is 0. The van der Waals surface area contributed by atoms with Crippen LogP contribution < -0.4 is 5.56 Å². The molecule has 7 nitrogen and oxygen atoms in total. The molecule has 0 atom stereocenters. The third-order valence-corrected chi connectivity index (χ3v) is 3.36. The number of nitrogens with zero attached hydrogens (tertiary/aromatic N) is 2. The van der Waals surface area contributed by atoms with E-state index < -0.39 is 11.5 Å². The molecule has 1 aromatic carbocycles. The second-order valence-electron chi connectivity index (χ2n) is 4.79. The first-order valence-electron chi connectivity index (χ1n) is 6.37. The lowest BCUT2D eigenvalue weighted by Crippen LogP contribution is -2.13. The minimum atomic E-state index is -1.18. The predicted molar refractivity (Wildman–Crippen MR) is 78.6 cm³/mol. The molecular formula is C15H10N4O3. The van der Waals surface area contributed by atoms with Gasteiger partial charge in [-0.1, -0.05) is 12.1 Å². The summed E-state index contributed by atoms with van der Waals surface area (Å²) in [5, 5.41) is 25.3. The average molecular weight is 294 g/mol. The number of aromatic amines is 2. The summed E-state index contributed by atoms with van der Waals surface area (Å²) < 4.78 is 0. The van der Waals surface area contributed by atoms with Crippen molar-refractivity contribution < 1.29 is 9.90 Å². The van der Waals surface area contributed by atoms with Crippen molar-refractivity contribution in [2.75, 3.05) is 0 Å². The number of pyridine rings is 1. The Bertz CT molecular complexity index is 1010. The largest absolute Gasteiger partial charge is 0.476 e. The van der Waals surface area contributed by atoms with E-state index >= 15 is 0 Å². The topological polar surface area (TPSA) is 123 Å². The van der Waals surface area contributed by atoms with E-state index in [2.05, 4.69) is 15.2 Å². The Kier molecular flexibility index (Phi) is 3.00. The number of rotatable bonds is 2. The molecule has 0 fully saturated rings. The summed E-state index contributed by atoms with van der Waals surface area (Å²) in [7, 11) is 0. The Balaban J connectivity index is 2.47. The predicted octanol–water partition coefficient (Wildman–Crippen LogP) is 1.80. The second-order valence-corrected chi connectivity index (χ2v) is 4.79. The molecule has 2 aromatic heterocycles. The molecule has 22 heavy (non-hydrogen) atoms. The van der Waals surface area contributed by atoms with Crippen LogP contribution in [0.4, 0.5) is 0 Å². The van der Waals surface area contributed by atoms with Crippen molar-refractivity contribution in [3.63, 3.8) is 0 Å². The SMILES string of the molecule is Cc1cc(-c2cccc3[nH]nc(C(=O)O)c23)c(C#N)c(=O)[nH]1. The number of aryl methyl sites for hydroxylation is 1. The van der Waals surface area contributed by atoms with Gasteiger partial charge in [0.2, 0.25) is 0 Å². The molecular weight excluding hydrogens is 284 g/mol. The normalized spacial score (nSPS) is 10.5. The van der Waals surface area contributed by atoms with Crippen LogP contribution in [0.3, 0.4) is 0 Å². The molecule has 0 bridgehead atoms. The van der Waals surface area contributed by atoms with Crippen LogP contribution in [0.2, 0.25) is 0 Å². The highest BCUT2D eigenvalue weighted by molar-refractivity contribution is 6.08. The number of carbonyl (C=O) groups is 1. The van der Waals surface area contributed by atoms with Gasteiger partial charge in [-0.3, -0.25) is 9.89 Å². The molecule has 108 valence electrons. The molecule has 3 aromatic rings. The number of fused-ring (bicyclic) bond motifs is 1. The van der Waals surface area contributed by atoms with Crippen LogP contribution in [0.25, 0.3) is 22.0 Å². The molecule has 0 saturated heterocycles. The summed E-state index contributed by atoms with van der Waals surface area (Å²) in [4.78, 5) is 25.8. The van der Waals surface area contributed by atoms with E-state index in [0.717, 1.165) is 0 Å². The van der Waals surface area contributed by atoms with Crippen molar-refractivity contribution in [3.8, 4) is 17.2 Å².